The maximum atomic E-state index is 11.8. The topological polar surface area (TPSA) is 58.1 Å². The van der Waals surface area contributed by atoms with Crippen LogP contribution >= 0.6 is 11.5 Å². The zero-order valence-corrected chi connectivity index (χ0v) is 10.5. The molecule has 1 heterocycles. The predicted molar refractivity (Wildman–Crippen MR) is 63.5 cm³/mol. The molecule has 2 amide bonds. The number of hydrogen-bond acceptors (Lipinski definition) is 4. The molecule has 1 N–H and O–H groups in total. The van der Waals surface area contributed by atoms with Gasteiger partial charge in [-0.05, 0) is 18.3 Å². The number of urea groups is 1. The van der Waals surface area contributed by atoms with Gasteiger partial charge in [-0.1, -0.05) is 18.3 Å². The summed E-state index contributed by atoms with van der Waals surface area (Å²) >= 11 is 1.19. The third kappa shape index (κ3) is 2.32. The van der Waals surface area contributed by atoms with Crippen molar-refractivity contribution in [2.24, 2.45) is 5.41 Å². The zero-order chi connectivity index (χ0) is 11.8. The van der Waals surface area contributed by atoms with E-state index < -0.39 is 0 Å². The largest absolute Gasteiger partial charge is 0.325 e. The number of carbonyl (C=O) groups is 1. The number of rotatable bonds is 2. The molecule has 16 heavy (non-hydrogen) atoms. The second-order valence-electron chi connectivity index (χ2n) is 5.05. The number of amides is 2. The first kappa shape index (κ1) is 11.3. The third-order valence-electron chi connectivity index (χ3n) is 3.04. The molecule has 1 aromatic rings. The third-order valence-corrected chi connectivity index (χ3v) is 3.62. The van der Waals surface area contributed by atoms with Gasteiger partial charge in [-0.15, -0.1) is 5.10 Å². The molecule has 6 heteroatoms. The van der Waals surface area contributed by atoms with Crippen molar-refractivity contribution < 1.29 is 4.79 Å². The maximum Gasteiger partial charge on any atom is 0.322 e. The summed E-state index contributed by atoms with van der Waals surface area (Å²) in [6.07, 6.45) is 3.69. The minimum absolute atomic E-state index is 0.0773. The monoisotopic (exact) mass is 240 g/mol. The summed E-state index contributed by atoms with van der Waals surface area (Å²) in [5.41, 5.74) is 0.380. The summed E-state index contributed by atoms with van der Waals surface area (Å²) in [7, 11) is 1.84. The number of hydrogen-bond donors (Lipinski definition) is 1. The van der Waals surface area contributed by atoms with E-state index in [1.54, 1.807) is 11.1 Å². The van der Waals surface area contributed by atoms with Gasteiger partial charge in [0.05, 0.1) is 6.20 Å². The van der Waals surface area contributed by atoms with Gasteiger partial charge in [0.15, 0.2) is 0 Å². The number of nitrogens with one attached hydrogen (secondary N) is 1. The van der Waals surface area contributed by atoms with E-state index in [4.69, 9.17) is 0 Å². The van der Waals surface area contributed by atoms with Gasteiger partial charge < -0.3 is 4.90 Å². The molecule has 5 nitrogen and oxygen atoms in total. The summed E-state index contributed by atoms with van der Waals surface area (Å²) < 4.78 is 3.70. The van der Waals surface area contributed by atoms with Crippen molar-refractivity contribution >= 4 is 22.6 Å². The Bertz CT molecular complexity index is 368. The minimum Gasteiger partial charge on any atom is -0.325 e. The Morgan fingerprint density at radius 3 is 2.81 bits per heavy atom. The molecule has 0 saturated heterocycles. The lowest BCUT2D eigenvalue weighted by atomic mass is 9.68. The lowest BCUT2D eigenvalue weighted by Crippen LogP contribution is -2.50. The van der Waals surface area contributed by atoms with E-state index in [1.165, 1.54) is 11.5 Å². The molecule has 0 unspecified atom stereocenters. The molecule has 1 aliphatic rings. The summed E-state index contributed by atoms with van der Waals surface area (Å²) in [5.74, 6) is 0. The molecule has 0 atom stereocenters. The van der Waals surface area contributed by atoms with E-state index in [0.717, 1.165) is 12.8 Å². The van der Waals surface area contributed by atoms with Crippen molar-refractivity contribution in [1.29, 1.82) is 0 Å². The van der Waals surface area contributed by atoms with Crippen molar-refractivity contribution in [3.05, 3.63) is 6.20 Å². The Labute approximate surface area is 99.0 Å². The summed E-state index contributed by atoms with van der Waals surface area (Å²) in [6, 6.07) is 0.280. The summed E-state index contributed by atoms with van der Waals surface area (Å²) in [4.78, 5) is 13.6. The molecule has 88 valence electrons. The molecule has 0 aromatic carbocycles. The fourth-order valence-corrected chi connectivity index (χ4v) is 2.48. The fourth-order valence-electron chi connectivity index (χ4n) is 2.07. The molecule has 1 aliphatic carbocycles. The lowest BCUT2D eigenvalue weighted by Gasteiger charge is -2.46. The quantitative estimate of drug-likeness (QED) is 0.862. The van der Waals surface area contributed by atoms with E-state index >= 15 is 0 Å². The second-order valence-corrected chi connectivity index (χ2v) is 5.83. The number of anilines is 1. The highest BCUT2D eigenvalue weighted by molar-refractivity contribution is 7.10. The first-order valence-electron chi connectivity index (χ1n) is 5.29. The number of aromatic nitrogens is 2. The number of nitrogens with zero attached hydrogens (tertiary/aromatic N) is 3. The van der Waals surface area contributed by atoms with Crippen molar-refractivity contribution in [2.45, 2.75) is 32.7 Å². The van der Waals surface area contributed by atoms with Crippen LogP contribution in [0.2, 0.25) is 0 Å². The highest BCUT2D eigenvalue weighted by atomic mass is 32.1. The van der Waals surface area contributed by atoms with Gasteiger partial charge in [-0.25, -0.2) is 4.79 Å². The molecule has 2 rings (SSSR count). The van der Waals surface area contributed by atoms with Crippen LogP contribution in [0.4, 0.5) is 9.80 Å². The molecular weight excluding hydrogens is 224 g/mol. The van der Waals surface area contributed by atoms with Crippen LogP contribution in [0.5, 0.6) is 0 Å². The highest BCUT2D eigenvalue weighted by Gasteiger charge is 2.39. The summed E-state index contributed by atoms with van der Waals surface area (Å²) in [6.45, 7) is 4.45. The molecule has 1 saturated carbocycles. The van der Waals surface area contributed by atoms with E-state index in [-0.39, 0.29) is 6.03 Å². The Morgan fingerprint density at radius 1 is 1.62 bits per heavy atom. The van der Waals surface area contributed by atoms with Crippen LogP contribution in [-0.2, 0) is 0 Å². The smallest absolute Gasteiger partial charge is 0.322 e. The zero-order valence-electron chi connectivity index (χ0n) is 9.73. The Morgan fingerprint density at radius 2 is 2.31 bits per heavy atom. The van der Waals surface area contributed by atoms with Crippen molar-refractivity contribution in [3.8, 4) is 0 Å². The van der Waals surface area contributed by atoms with Crippen LogP contribution in [-0.4, -0.2) is 33.6 Å². The average molecular weight is 240 g/mol. The normalized spacial score (nSPS) is 18.9. The van der Waals surface area contributed by atoms with Crippen molar-refractivity contribution in [1.82, 2.24) is 14.5 Å². The predicted octanol–water partition coefficient (Wildman–Crippen LogP) is 2.19. The van der Waals surface area contributed by atoms with Gasteiger partial charge in [-0.2, -0.15) is 0 Å². The molecule has 0 spiro atoms. The van der Waals surface area contributed by atoms with Gasteiger partial charge >= 0.3 is 6.03 Å². The standard InChI is InChI=1S/C10H16N4OS/c1-10(2)4-7(5-10)14(3)9(15)12-8-6-11-13-16-8/h6-7H,4-5H2,1-3H3,(H,12,15). The van der Waals surface area contributed by atoms with Crippen LogP contribution in [0.25, 0.3) is 0 Å². The van der Waals surface area contributed by atoms with Gasteiger partial charge in [0.2, 0.25) is 0 Å². The average Bonchev–Trinajstić information content (AvgIpc) is 2.65. The van der Waals surface area contributed by atoms with Gasteiger partial charge in [0, 0.05) is 24.6 Å². The Balaban J connectivity index is 1.86. The van der Waals surface area contributed by atoms with Gasteiger partial charge in [-0.3, -0.25) is 5.32 Å². The fraction of sp³-hybridized carbons (Fsp3) is 0.700. The van der Waals surface area contributed by atoms with Gasteiger partial charge in [0.25, 0.3) is 0 Å². The molecule has 0 aliphatic heterocycles. The number of carbonyl (C=O) groups excluding carboxylic acids is 1. The summed E-state index contributed by atoms with van der Waals surface area (Å²) in [5, 5.41) is 7.14. The van der Waals surface area contributed by atoms with E-state index in [9.17, 15) is 4.79 Å². The lowest BCUT2D eigenvalue weighted by molar-refractivity contribution is 0.0644. The highest BCUT2D eigenvalue weighted by Crippen LogP contribution is 2.42. The molecular formula is C10H16N4OS. The van der Waals surface area contributed by atoms with Crippen LogP contribution in [0.15, 0.2) is 6.20 Å². The molecule has 0 bridgehead atoms. The SMILES string of the molecule is CN(C(=O)Nc1cnns1)C1CC(C)(C)C1. The van der Waals surface area contributed by atoms with Crippen LogP contribution in [0.3, 0.4) is 0 Å². The second kappa shape index (κ2) is 4.01. The van der Waals surface area contributed by atoms with Crippen LogP contribution in [0.1, 0.15) is 26.7 Å². The van der Waals surface area contributed by atoms with Gasteiger partial charge in [0.1, 0.15) is 5.00 Å². The van der Waals surface area contributed by atoms with Crippen LogP contribution in [0, 0.1) is 5.41 Å². The van der Waals surface area contributed by atoms with E-state index in [2.05, 4.69) is 28.8 Å². The van der Waals surface area contributed by atoms with E-state index in [0.29, 0.717) is 16.5 Å². The first-order valence-corrected chi connectivity index (χ1v) is 6.06. The molecule has 1 aromatic heterocycles. The van der Waals surface area contributed by atoms with Crippen LogP contribution < -0.4 is 5.32 Å². The van der Waals surface area contributed by atoms with Crippen molar-refractivity contribution in [3.63, 3.8) is 0 Å². The Kier molecular flexibility index (Phi) is 2.84. The Hall–Kier alpha value is -1.17. The minimum atomic E-state index is -0.0773. The first-order chi connectivity index (χ1) is 7.48. The van der Waals surface area contributed by atoms with E-state index in [1.807, 2.05) is 7.05 Å². The molecule has 1 fully saturated rings. The maximum absolute atomic E-state index is 11.8. The van der Waals surface area contributed by atoms with Crippen molar-refractivity contribution in [2.75, 3.05) is 12.4 Å². The molecule has 0 radical (unpaired) electrons.